The number of hydrogen-bond acceptors (Lipinski definition) is 2. The van der Waals surface area contributed by atoms with Crippen molar-refractivity contribution in [2.75, 3.05) is 0 Å². The van der Waals surface area contributed by atoms with Crippen LogP contribution in [0.2, 0.25) is 0 Å². The van der Waals surface area contributed by atoms with Gasteiger partial charge in [0.25, 0.3) is 0 Å². The maximum Gasteiger partial charge on any atom is 0.473 e. The number of esters is 1. The molecule has 0 saturated carbocycles. The van der Waals surface area contributed by atoms with E-state index in [1.165, 1.54) is 0 Å². The van der Waals surface area contributed by atoms with Crippen molar-refractivity contribution in [3.05, 3.63) is 12.4 Å². The minimum absolute atomic E-state index is 1.83. The van der Waals surface area contributed by atoms with Crippen molar-refractivity contribution in [3.63, 3.8) is 0 Å². The van der Waals surface area contributed by atoms with Gasteiger partial charge in [0.1, 0.15) is 0 Å². The topological polar surface area (TPSA) is 26.3 Å². The van der Waals surface area contributed by atoms with Gasteiger partial charge >= 0.3 is 47.9 Å². The third kappa shape index (κ3) is 3.44. The van der Waals surface area contributed by atoms with Crippen LogP contribution in [-0.4, -0.2) is 47.9 Å². The molecular formula is C10H2F16O2. The summed E-state index contributed by atoms with van der Waals surface area (Å²) in [5, 5.41) is 0. The molecule has 0 unspecified atom stereocenters. The molecule has 28 heavy (non-hydrogen) atoms. The Bertz CT molecular complexity index is 630. The molecular weight excluding hydrogens is 456 g/mol. The summed E-state index contributed by atoms with van der Waals surface area (Å²) < 4.78 is 204. The van der Waals surface area contributed by atoms with E-state index in [4.69, 9.17) is 0 Å². The fourth-order valence-corrected chi connectivity index (χ4v) is 1.19. The molecule has 0 rings (SSSR count). The second kappa shape index (κ2) is 6.57. The fourth-order valence-electron chi connectivity index (χ4n) is 1.19. The van der Waals surface area contributed by atoms with Crippen LogP contribution >= 0.6 is 0 Å². The summed E-state index contributed by atoms with van der Waals surface area (Å²) in [6.45, 7) is 1.83. The molecule has 0 aliphatic heterocycles. The van der Waals surface area contributed by atoms with Gasteiger partial charge in [-0.15, -0.1) is 0 Å². The van der Waals surface area contributed by atoms with Crippen molar-refractivity contribution in [1.82, 2.24) is 0 Å². The van der Waals surface area contributed by atoms with Crippen LogP contribution in [0.5, 0.6) is 0 Å². The minimum atomic E-state index is -8.52. The van der Waals surface area contributed by atoms with Gasteiger partial charge in [-0.2, -0.15) is 70.2 Å². The maximum absolute atomic E-state index is 13.1. The summed E-state index contributed by atoms with van der Waals surface area (Å²) in [4.78, 5) is 10.3. The molecule has 0 bridgehead atoms. The Hall–Kier alpha value is -1.91. The van der Waals surface area contributed by atoms with Crippen molar-refractivity contribution in [1.29, 1.82) is 0 Å². The molecule has 0 aromatic carbocycles. The Morgan fingerprint density at radius 3 is 1.14 bits per heavy atom. The Kier molecular flexibility index (Phi) is 6.12. The summed E-state index contributed by atoms with van der Waals surface area (Å²) >= 11 is 0. The number of hydrogen-bond donors (Lipinski definition) is 0. The van der Waals surface area contributed by atoms with Gasteiger partial charge in [-0.1, -0.05) is 6.58 Å². The number of carbonyl (C=O) groups is 1. The normalized spacial score (nSPS) is 15.4. The first kappa shape index (κ1) is 26.1. The van der Waals surface area contributed by atoms with E-state index in [2.05, 4.69) is 0 Å². The van der Waals surface area contributed by atoms with Crippen LogP contribution in [0.1, 0.15) is 0 Å². The van der Waals surface area contributed by atoms with Crippen LogP contribution in [0.25, 0.3) is 0 Å². The Labute approximate surface area is 141 Å². The van der Waals surface area contributed by atoms with Crippen LogP contribution in [0.15, 0.2) is 12.4 Å². The van der Waals surface area contributed by atoms with E-state index < -0.39 is 53.7 Å². The molecule has 0 aliphatic carbocycles. The lowest BCUT2D eigenvalue weighted by molar-refractivity contribution is -0.467. The lowest BCUT2D eigenvalue weighted by atomic mass is 9.93. The summed E-state index contributed by atoms with van der Waals surface area (Å²) in [5.74, 6) is -47.6. The Balaban J connectivity index is 6.47. The smallest absolute Gasteiger partial charge is 0.391 e. The van der Waals surface area contributed by atoms with Crippen molar-refractivity contribution >= 4 is 5.97 Å². The molecule has 2 nitrogen and oxygen atoms in total. The van der Waals surface area contributed by atoms with Crippen LogP contribution in [0.4, 0.5) is 70.2 Å². The van der Waals surface area contributed by atoms with Crippen LogP contribution in [-0.2, 0) is 9.53 Å². The fraction of sp³-hybridized carbons (Fsp3) is 0.700. The lowest BCUT2D eigenvalue weighted by Crippen LogP contribution is -2.72. The highest BCUT2D eigenvalue weighted by molar-refractivity contribution is 5.85. The molecule has 0 aromatic rings. The third-order valence-electron chi connectivity index (χ3n) is 2.74. The number of rotatable bonds is 7. The van der Waals surface area contributed by atoms with E-state index >= 15 is 0 Å². The molecule has 166 valence electrons. The number of halogens is 16. The second-order valence-corrected chi connectivity index (χ2v) is 4.68. The summed E-state index contributed by atoms with van der Waals surface area (Å²) in [6, 6.07) is 0. The van der Waals surface area contributed by atoms with Crippen LogP contribution < -0.4 is 0 Å². The van der Waals surface area contributed by atoms with Crippen molar-refractivity contribution in [2.45, 2.75) is 41.9 Å². The first-order valence-electron chi connectivity index (χ1n) is 5.74. The molecule has 0 atom stereocenters. The first-order valence-corrected chi connectivity index (χ1v) is 5.74. The van der Waals surface area contributed by atoms with Crippen LogP contribution in [0, 0.1) is 0 Å². The molecule has 0 heterocycles. The van der Waals surface area contributed by atoms with E-state index in [9.17, 15) is 75.0 Å². The van der Waals surface area contributed by atoms with E-state index in [-0.39, 0.29) is 0 Å². The van der Waals surface area contributed by atoms with Gasteiger partial charge in [0.05, 0.1) is 0 Å². The molecule has 0 radical (unpaired) electrons. The molecule has 0 aromatic heterocycles. The summed E-state index contributed by atoms with van der Waals surface area (Å²) in [7, 11) is 0. The van der Waals surface area contributed by atoms with Gasteiger partial charge in [-0.3, -0.25) is 0 Å². The number of ether oxygens (including phenoxy) is 1. The van der Waals surface area contributed by atoms with Gasteiger partial charge in [-0.25, -0.2) is 4.79 Å². The molecule has 0 aliphatic rings. The zero-order valence-electron chi connectivity index (χ0n) is 12.1. The zero-order chi connectivity index (χ0) is 23.4. The minimum Gasteiger partial charge on any atom is -0.391 e. The highest BCUT2D eigenvalue weighted by Crippen LogP contribution is 2.62. The summed E-state index contributed by atoms with van der Waals surface area (Å²) in [5.41, 5.74) is 0. The molecule has 0 fully saturated rings. The molecule has 0 N–H and O–H groups in total. The van der Waals surface area contributed by atoms with E-state index in [0.717, 1.165) is 0 Å². The average molecular weight is 458 g/mol. The second-order valence-electron chi connectivity index (χ2n) is 4.68. The lowest BCUT2D eigenvalue weighted by Gasteiger charge is -2.40. The predicted octanol–water partition coefficient (Wildman–Crippen LogP) is 5.34. The van der Waals surface area contributed by atoms with E-state index in [1.807, 2.05) is 11.3 Å². The van der Waals surface area contributed by atoms with Gasteiger partial charge in [0.2, 0.25) is 5.83 Å². The van der Waals surface area contributed by atoms with E-state index in [0.29, 0.717) is 0 Å². The third-order valence-corrected chi connectivity index (χ3v) is 2.74. The standard InChI is InChI=1S/C10H2F16O2/c1-2(11)3(27)28-10(25,26)8(20,21)6(16,17)4(12,13)5(14,15)7(18,19)9(22,23)24/h1H2. The van der Waals surface area contributed by atoms with Gasteiger partial charge in [-0.05, 0) is 0 Å². The van der Waals surface area contributed by atoms with Crippen LogP contribution in [0.3, 0.4) is 0 Å². The predicted molar refractivity (Wildman–Crippen MR) is 52.1 cm³/mol. The Morgan fingerprint density at radius 1 is 0.571 bits per heavy atom. The number of alkyl halides is 15. The number of carbonyl (C=O) groups excluding carboxylic acids is 1. The van der Waals surface area contributed by atoms with Gasteiger partial charge in [0.15, 0.2) is 0 Å². The largest absolute Gasteiger partial charge is 0.473 e. The SMILES string of the molecule is C=C(F)C(=O)OC(F)(F)C(F)(F)C(F)(F)C(F)(F)C(F)(F)C(F)(F)C(F)(F)F. The molecule has 0 amide bonds. The van der Waals surface area contributed by atoms with Crippen molar-refractivity contribution in [2.24, 2.45) is 0 Å². The van der Waals surface area contributed by atoms with Crippen molar-refractivity contribution < 1.29 is 79.8 Å². The van der Waals surface area contributed by atoms with Gasteiger partial charge in [0, 0.05) is 0 Å². The monoisotopic (exact) mass is 458 g/mol. The van der Waals surface area contributed by atoms with E-state index in [1.54, 1.807) is 0 Å². The summed E-state index contributed by atoms with van der Waals surface area (Å²) in [6.07, 6.45) is -15.0. The molecule has 0 spiro atoms. The quantitative estimate of drug-likeness (QED) is 0.293. The average Bonchev–Trinajstić information content (AvgIpc) is 2.44. The maximum atomic E-state index is 13.1. The first-order chi connectivity index (χ1) is 11.8. The van der Waals surface area contributed by atoms with Gasteiger partial charge < -0.3 is 4.74 Å². The highest BCUT2D eigenvalue weighted by Gasteiger charge is 2.94. The zero-order valence-corrected chi connectivity index (χ0v) is 12.1. The highest BCUT2D eigenvalue weighted by atomic mass is 19.4. The van der Waals surface area contributed by atoms with Crippen molar-refractivity contribution in [3.8, 4) is 0 Å². The molecule has 0 saturated heterocycles. The molecule has 18 heteroatoms. The Morgan fingerprint density at radius 2 is 0.857 bits per heavy atom.